The van der Waals surface area contributed by atoms with Crippen LogP contribution in [0.3, 0.4) is 0 Å². The van der Waals surface area contributed by atoms with Gasteiger partial charge >= 0.3 is 0 Å². The fraction of sp³-hybridized carbons (Fsp3) is 0.350. The highest BCUT2D eigenvalue weighted by atomic mass is 16.1. The summed E-state index contributed by atoms with van der Waals surface area (Å²) in [5, 5.41) is 2.99. The van der Waals surface area contributed by atoms with Gasteiger partial charge in [0.05, 0.1) is 13.1 Å². The van der Waals surface area contributed by atoms with Crippen molar-refractivity contribution in [2.75, 3.05) is 13.1 Å². The van der Waals surface area contributed by atoms with Gasteiger partial charge in [-0.25, -0.2) is 0 Å². The van der Waals surface area contributed by atoms with E-state index in [2.05, 4.69) is 29.6 Å². The van der Waals surface area contributed by atoms with E-state index in [1.54, 1.807) is 4.90 Å². The normalized spacial score (nSPS) is 14.8. The molecular weight excluding hydrogens is 284 g/mol. The van der Waals surface area contributed by atoms with Crippen molar-refractivity contribution in [3.63, 3.8) is 0 Å². The summed E-state index contributed by atoms with van der Waals surface area (Å²) in [4.78, 5) is 13.8. The van der Waals surface area contributed by atoms with Gasteiger partial charge in [-0.15, -0.1) is 0 Å². The Labute approximate surface area is 138 Å². The van der Waals surface area contributed by atoms with Gasteiger partial charge in [0.2, 0.25) is 0 Å². The number of nitrogens with one attached hydrogen (secondary N) is 2. The Morgan fingerprint density at radius 3 is 2.43 bits per heavy atom. The zero-order valence-corrected chi connectivity index (χ0v) is 13.8. The molecule has 0 unspecified atom stereocenters. The molecule has 0 aromatic heterocycles. The smallest absolute Gasteiger partial charge is 0.251 e. The molecule has 3 nitrogen and oxygen atoms in total. The number of hydrogen-bond donors (Lipinski definition) is 2. The van der Waals surface area contributed by atoms with Crippen LogP contribution in [-0.2, 0) is 13.1 Å². The first-order chi connectivity index (χ1) is 11.2. The minimum atomic E-state index is -0.0145. The van der Waals surface area contributed by atoms with E-state index in [4.69, 9.17) is 0 Å². The maximum absolute atomic E-state index is 12.2. The van der Waals surface area contributed by atoms with Crippen molar-refractivity contribution in [1.29, 1.82) is 0 Å². The second-order valence-electron chi connectivity index (χ2n) is 6.50. The van der Waals surface area contributed by atoms with Gasteiger partial charge in [0.15, 0.2) is 0 Å². The van der Waals surface area contributed by atoms with Crippen molar-refractivity contribution in [3.8, 4) is 0 Å². The molecule has 1 saturated heterocycles. The molecule has 2 N–H and O–H groups in total. The Kier molecular flexibility index (Phi) is 5.09. The maximum atomic E-state index is 12.2. The van der Waals surface area contributed by atoms with E-state index in [1.165, 1.54) is 31.5 Å². The largest absolute Gasteiger partial charge is 0.348 e. The van der Waals surface area contributed by atoms with Gasteiger partial charge < -0.3 is 10.2 Å². The van der Waals surface area contributed by atoms with Crippen LogP contribution in [0.15, 0.2) is 48.5 Å². The number of amides is 1. The molecule has 1 aliphatic heterocycles. The average molecular weight is 309 g/mol. The average Bonchev–Trinajstić information content (AvgIpc) is 3.07. The highest BCUT2D eigenvalue weighted by Crippen LogP contribution is 2.06. The Balaban J connectivity index is 1.52. The molecule has 0 radical (unpaired) electrons. The van der Waals surface area contributed by atoms with E-state index in [0.717, 1.165) is 23.2 Å². The van der Waals surface area contributed by atoms with Crippen molar-refractivity contribution in [1.82, 2.24) is 5.32 Å². The Morgan fingerprint density at radius 1 is 1.04 bits per heavy atom. The molecule has 1 heterocycles. The van der Waals surface area contributed by atoms with E-state index < -0.39 is 0 Å². The van der Waals surface area contributed by atoms with E-state index in [9.17, 15) is 4.79 Å². The third-order valence-corrected chi connectivity index (χ3v) is 4.52. The fourth-order valence-electron chi connectivity index (χ4n) is 3.19. The summed E-state index contributed by atoms with van der Waals surface area (Å²) in [6, 6.07) is 16.3. The second-order valence-corrected chi connectivity index (χ2v) is 6.50. The highest BCUT2D eigenvalue weighted by Gasteiger charge is 2.15. The number of likely N-dealkylation sites (tertiary alicyclic amines) is 1. The SMILES string of the molecule is Cc1cccc(C(=O)NCc2ccc(C[NH+]3CCCC3)cc2)c1. The summed E-state index contributed by atoms with van der Waals surface area (Å²) >= 11 is 0. The minimum absolute atomic E-state index is 0.0145. The van der Waals surface area contributed by atoms with Gasteiger partial charge in [-0.2, -0.15) is 0 Å². The van der Waals surface area contributed by atoms with Crippen molar-refractivity contribution >= 4 is 5.91 Å². The van der Waals surface area contributed by atoms with Gasteiger partial charge in [-0.1, -0.05) is 42.0 Å². The van der Waals surface area contributed by atoms with Crippen LogP contribution < -0.4 is 10.2 Å². The zero-order chi connectivity index (χ0) is 16.1. The fourth-order valence-corrected chi connectivity index (χ4v) is 3.19. The minimum Gasteiger partial charge on any atom is -0.348 e. The van der Waals surface area contributed by atoms with E-state index >= 15 is 0 Å². The number of aryl methyl sites for hydroxylation is 1. The summed E-state index contributed by atoms with van der Waals surface area (Å²) in [5.41, 5.74) is 4.35. The number of rotatable bonds is 5. The lowest BCUT2D eigenvalue weighted by atomic mass is 10.1. The molecule has 3 heteroatoms. The molecule has 0 saturated carbocycles. The monoisotopic (exact) mass is 309 g/mol. The van der Waals surface area contributed by atoms with Crippen LogP contribution in [0.25, 0.3) is 0 Å². The van der Waals surface area contributed by atoms with Crippen LogP contribution in [0.4, 0.5) is 0 Å². The van der Waals surface area contributed by atoms with E-state index in [0.29, 0.717) is 6.54 Å². The van der Waals surface area contributed by atoms with Crippen LogP contribution in [-0.4, -0.2) is 19.0 Å². The number of carbonyl (C=O) groups is 1. The second kappa shape index (κ2) is 7.42. The molecule has 3 rings (SSSR count). The first-order valence-corrected chi connectivity index (χ1v) is 8.47. The van der Waals surface area contributed by atoms with Gasteiger partial charge in [0.25, 0.3) is 5.91 Å². The number of benzene rings is 2. The molecule has 120 valence electrons. The van der Waals surface area contributed by atoms with Crippen LogP contribution >= 0.6 is 0 Å². The molecule has 1 fully saturated rings. The van der Waals surface area contributed by atoms with Crippen molar-refractivity contribution < 1.29 is 9.69 Å². The van der Waals surface area contributed by atoms with E-state index in [-0.39, 0.29) is 5.91 Å². The predicted molar refractivity (Wildman–Crippen MR) is 92.4 cm³/mol. The highest BCUT2D eigenvalue weighted by molar-refractivity contribution is 5.94. The zero-order valence-electron chi connectivity index (χ0n) is 13.8. The number of quaternary nitrogens is 1. The van der Waals surface area contributed by atoms with Crippen LogP contribution in [0, 0.1) is 6.92 Å². The van der Waals surface area contributed by atoms with Gasteiger partial charge in [0.1, 0.15) is 6.54 Å². The predicted octanol–water partition coefficient (Wildman–Crippen LogP) is 2.10. The van der Waals surface area contributed by atoms with Gasteiger partial charge in [-0.05, 0) is 24.6 Å². The van der Waals surface area contributed by atoms with Crippen molar-refractivity contribution in [2.24, 2.45) is 0 Å². The van der Waals surface area contributed by atoms with Gasteiger partial charge in [0, 0.05) is 30.5 Å². The first kappa shape index (κ1) is 15.8. The topological polar surface area (TPSA) is 33.5 Å². The standard InChI is InChI=1S/C20H24N2O/c1-16-5-4-6-19(13-16)20(23)21-14-17-7-9-18(10-8-17)15-22-11-2-3-12-22/h4-10,13H,2-3,11-12,14-15H2,1H3,(H,21,23)/p+1. The molecule has 2 aromatic rings. The first-order valence-electron chi connectivity index (χ1n) is 8.47. The molecule has 2 aromatic carbocycles. The lowest BCUT2D eigenvalue weighted by Gasteiger charge is -2.12. The lowest BCUT2D eigenvalue weighted by Crippen LogP contribution is -3.08. The third kappa shape index (κ3) is 4.42. The maximum Gasteiger partial charge on any atom is 0.251 e. The summed E-state index contributed by atoms with van der Waals surface area (Å²) in [6.07, 6.45) is 2.72. The molecule has 0 aliphatic carbocycles. The van der Waals surface area contributed by atoms with Gasteiger partial charge in [-0.3, -0.25) is 4.79 Å². The van der Waals surface area contributed by atoms with Crippen molar-refractivity contribution in [3.05, 3.63) is 70.8 Å². The molecular formula is C20H25N2O+. The number of hydrogen-bond acceptors (Lipinski definition) is 1. The molecule has 1 amide bonds. The lowest BCUT2D eigenvalue weighted by molar-refractivity contribution is -0.901. The van der Waals surface area contributed by atoms with Crippen molar-refractivity contribution in [2.45, 2.75) is 32.9 Å². The summed E-state index contributed by atoms with van der Waals surface area (Å²) in [6.45, 7) is 6.29. The molecule has 0 bridgehead atoms. The molecule has 23 heavy (non-hydrogen) atoms. The quantitative estimate of drug-likeness (QED) is 0.871. The Hall–Kier alpha value is -2.13. The van der Waals surface area contributed by atoms with E-state index in [1.807, 2.05) is 31.2 Å². The van der Waals surface area contributed by atoms with Crippen LogP contribution in [0.5, 0.6) is 0 Å². The number of carbonyl (C=O) groups excluding carboxylic acids is 1. The Bertz CT molecular complexity index is 658. The third-order valence-electron chi connectivity index (χ3n) is 4.52. The van der Waals surface area contributed by atoms with Crippen LogP contribution in [0.1, 0.15) is 39.9 Å². The van der Waals surface area contributed by atoms with Crippen LogP contribution in [0.2, 0.25) is 0 Å². The summed E-state index contributed by atoms with van der Waals surface area (Å²) in [5.74, 6) is -0.0145. The molecule has 0 spiro atoms. The Morgan fingerprint density at radius 2 is 1.74 bits per heavy atom. The molecule has 1 aliphatic rings. The molecule has 0 atom stereocenters. The summed E-state index contributed by atoms with van der Waals surface area (Å²) < 4.78 is 0. The summed E-state index contributed by atoms with van der Waals surface area (Å²) in [7, 11) is 0.